The van der Waals surface area contributed by atoms with Gasteiger partial charge in [0.05, 0.1) is 0 Å². The Balaban J connectivity index is 1.03. The number of hydrogen-bond acceptors (Lipinski definition) is 10. The van der Waals surface area contributed by atoms with Crippen LogP contribution < -0.4 is 9.47 Å². The van der Waals surface area contributed by atoms with Crippen LogP contribution in [0.15, 0.2) is 72.8 Å². The number of aromatic hydroxyl groups is 2. The van der Waals surface area contributed by atoms with Crippen LogP contribution in [0.5, 0.6) is 23.0 Å². The SMILES string of the molecule is CCC(C)(c1ccc(OCC(CSC2CCCCC2)OC(=O)CCCc2cc(C)c(O)c(C(C)(C)C)c2)cc1)c1ccc(OCC(CSC2CCCCC2)OC(=O)CCCc2cc(C)c(O)c(C(C)(C)C)c2)cc1. The second kappa shape index (κ2) is 27.7. The molecule has 4 aromatic carbocycles. The Kier molecular flexibility index (Phi) is 22.1. The van der Waals surface area contributed by atoms with Crippen LogP contribution in [0.4, 0.5) is 0 Å². The molecule has 74 heavy (non-hydrogen) atoms. The van der Waals surface area contributed by atoms with Crippen molar-refractivity contribution >= 4 is 35.5 Å². The van der Waals surface area contributed by atoms with E-state index in [-0.39, 0.29) is 40.4 Å². The maximum Gasteiger partial charge on any atom is 0.306 e. The van der Waals surface area contributed by atoms with Crippen molar-refractivity contribution in [2.75, 3.05) is 24.7 Å². The van der Waals surface area contributed by atoms with Gasteiger partial charge in [-0.25, -0.2) is 0 Å². The summed E-state index contributed by atoms with van der Waals surface area (Å²) >= 11 is 3.84. The highest BCUT2D eigenvalue weighted by Crippen LogP contribution is 2.39. The third-order valence-corrected chi connectivity index (χ3v) is 18.3. The monoisotopic (exact) mass is 1050 g/mol. The first-order valence-corrected chi connectivity index (χ1v) is 30.1. The van der Waals surface area contributed by atoms with Crippen molar-refractivity contribution in [3.63, 3.8) is 0 Å². The smallest absolute Gasteiger partial charge is 0.306 e. The molecule has 2 unspecified atom stereocenters. The largest absolute Gasteiger partial charge is 0.507 e. The van der Waals surface area contributed by atoms with E-state index < -0.39 is 0 Å². The van der Waals surface area contributed by atoms with Gasteiger partial charge in [0.1, 0.15) is 48.4 Å². The summed E-state index contributed by atoms with van der Waals surface area (Å²) in [5.74, 6) is 3.22. The van der Waals surface area contributed by atoms with Gasteiger partial charge in [0.15, 0.2) is 0 Å². The van der Waals surface area contributed by atoms with Crippen molar-refractivity contribution in [3.8, 4) is 23.0 Å². The summed E-state index contributed by atoms with van der Waals surface area (Å²) in [7, 11) is 0. The first-order chi connectivity index (χ1) is 35.2. The highest BCUT2D eigenvalue weighted by Gasteiger charge is 2.29. The molecule has 0 spiro atoms. The summed E-state index contributed by atoms with van der Waals surface area (Å²) in [5.41, 5.74) is 7.57. The molecule has 0 heterocycles. The number of phenolic OH excluding ortho intramolecular Hbond substituents is 2. The minimum absolute atomic E-state index is 0.178. The molecule has 2 saturated carbocycles. The molecule has 0 bridgehead atoms. The van der Waals surface area contributed by atoms with Crippen molar-refractivity contribution in [1.82, 2.24) is 0 Å². The van der Waals surface area contributed by atoms with Crippen molar-refractivity contribution in [1.29, 1.82) is 0 Å². The zero-order valence-electron chi connectivity index (χ0n) is 46.7. The summed E-state index contributed by atoms with van der Waals surface area (Å²) in [5, 5.41) is 22.6. The fourth-order valence-electron chi connectivity index (χ4n) is 10.5. The molecular formula is C64H90O8S2. The van der Waals surface area contributed by atoms with Gasteiger partial charge < -0.3 is 29.2 Å². The van der Waals surface area contributed by atoms with Crippen molar-refractivity contribution in [2.24, 2.45) is 0 Å². The molecule has 4 aromatic rings. The zero-order chi connectivity index (χ0) is 53.5. The molecule has 0 radical (unpaired) electrons. The van der Waals surface area contributed by atoms with E-state index in [4.69, 9.17) is 18.9 Å². The van der Waals surface area contributed by atoms with Crippen LogP contribution in [-0.2, 0) is 48.1 Å². The van der Waals surface area contributed by atoms with E-state index in [0.29, 0.717) is 72.4 Å². The summed E-state index contributed by atoms with van der Waals surface area (Å²) in [6.07, 6.45) is 16.1. The molecule has 0 aliphatic heterocycles. The maximum absolute atomic E-state index is 13.3. The number of rotatable bonds is 25. The molecule has 0 aromatic heterocycles. The van der Waals surface area contributed by atoms with Crippen LogP contribution in [0.3, 0.4) is 0 Å². The maximum atomic E-state index is 13.3. The van der Waals surface area contributed by atoms with Crippen molar-refractivity contribution in [2.45, 2.75) is 217 Å². The van der Waals surface area contributed by atoms with Gasteiger partial charge in [0.25, 0.3) is 0 Å². The number of esters is 2. The molecule has 0 saturated heterocycles. The lowest BCUT2D eigenvalue weighted by molar-refractivity contribution is -0.150. The van der Waals surface area contributed by atoms with Crippen LogP contribution in [-0.4, -0.2) is 69.6 Å². The molecule has 2 N–H and O–H groups in total. The first-order valence-electron chi connectivity index (χ1n) is 28.0. The van der Waals surface area contributed by atoms with Crippen LogP contribution in [0.1, 0.15) is 196 Å². The minimum atomic E-state index is -0.355. The van der Waals surface area contributed by atoms with Crippen LogP contribution in [0.2, 0.25) is 0 Å². The van der Waals surface area contributed by atoms with E-state index in [0.717, 1.165) is 64.1 Å². The number of carbonyl (C=O) groups is 2. The Bertz CT molecular complexity index is 2220. The standard InChI is InChI=1S/C64H90O8S2/c1-11-64(10,48-28-32-50(33-29-48)69-40-52(42-73-54-22-14-12-15-23-54)71-58(65)26-18-20-46-36-44(2)60(67)56(38-46)62(4,5)6)49-30-34-51(35-31-49)70-41-53(43-74-55-24-16-13-17-25-55)72-59(66)27-19-21-47-37-45(3)61(68)57(39-47)63(7,8)9/h28-39,52-55,67-68H,11-27,40-43H2,1-10H3. The molecule has 0 amide bonds. The lowest BCUT2D eigenvalue weighted by Gasteiger charge is -2.30. The van der Waals surface area contributed by atoms with Gasteiger partial charge in [-0.3, -0.25) is 9.59 Å². The van der Waals surface area contributed by atoms with E-state index in [1.165, 1.54) is 75.3 Å². The minimum Gasteiger partial charge on any atom is -0.507 e. The van der Waals surface area contributed by atoms with Gasteiger partial charge in [-0.15, -0.1) is 0 Å². The fourth-order valence-corrected chi connectivity index (χ4v) is 13.1. The van der Waals surface area contributed by atoms with E-state index in [1.807, 2.05) is 73.8 Å². The second-order valence-electron chi connectivity index (χ2n) is 23.6. The number of benzene rings is 4. The quantitative estimate of drug-likeness (QED) is 0.0623. The number of carbonyl (C=O) groups excluding carboxylic acids is 2. The Labute approximate surface area is 454 Å². The zero-order valence-corrected chi connectivity index (χ0v) is 48.4. The number of phenols is 2. The molecule has 2 aliphatic carbocycles. The van der Waals surface area contributed by atoms with Gasteiger partial charge in [-0.05, 0) is 151 Å². The third kappa shape index (κ3) is 17.6. The lowest BCUT2D eigenvalue weighted by Crippen LogP contribution is -2.29. The van der Waals surface area contributed by atoms with Gasteiger partial charge in [-0.1, -0.05) is 142 Å². The van der Waals surface area contributed by atoms with E-state index in [9.17, 15) is 19.8 Å². The predicted molar refractivity (Wildman–Crippen MR) is 308 cm³/mol. The van der Waals surface area contributed by atoms with Crippen molar-refractivity contribution in [3.05, 3.63) is 117 Å². The second-order valence-corrected chi connectivity index (χ2v) is 26.3. The molecule has 2 aliphatic rings. The van der Waals surface area contributed by atoms with Gasteiger partial charge in [0, 0.05) is 40.3 Å². The number of ether oxygens (including phenoxy) is 4. The number of aryl methyl sites for hydroxylation is 4. The highest BCUT2D eigenvalue weighted by molar-refractivity contribution is 8.00. The number of hydrogen-bond donors (Lipinski definition) is 2. The average molecular weight is 1050 g/mol. The Morgan fingerprint density at radius 1 is 0.568 bits per heavy atom. The van der Waals surface area contributed by atoms with E-state index in [2.05, 4.69) is 91.8 Å². The highest BCUT2D eigenvalue weighted by atomic mass is 32.2. The van der Waals surface area contributed by atoms with Crippen LogP contribution in [0, 0.1) is 13.8 Å². The first kappa shape index (κ1) is 59.0. The summed E-state index contributed by atoms with van der Waals surface area (Å²) in [6.45, 7) is 21.6. The van der Waals surface area contributed by atoms with Crippen LogP contribution >= 0.6 is 23.5 Å². The Morgan fingerprint density at radius 3 is 1.27 bits per heavy atom. The molecule has 8 nitrogen and oxygen atoms in total. The van der Waals surface area contributed by atoms with Gasteiger partial charge in [-0.2, -0.15) is 23.5 Å². The molecule has 406 valence electrons. The molecule has 10 heteroatoms. The third-order valence-electron chi connectivity index (χ3n) is 15.3. The Morgan fingerprint density at radius 2 is 0.932 bits per heavy atom. The van der Waals surface area contributed by atoms with Gasteiger partial charge >= 0.3 is 11.9 Å². The van der Waals surface area contributed by atoms with Crippen LogP contribution in [0.25, 0.3) is 0 Å². The van der Waals surface area contributed by atoms with Gasteiger partial charge in [0.2, 0.25) is 0 Å². The molecule has 2 atom stereocenters. The predicted octanol–water partition coefficient (Wildman–Crippen LogP) is 15.8. The summed E-state index contributed by atoms with van der Waals surface area (Å²) in [4.78, 5) is 26.7. The normalized spacial score (nSPS) is 16.5. The lowest BCUT2D eigenvalue weighted by atomic mass is 9.74. The van der Waals surface area contributed by atoms with E-state index in [1.54, 1.807) is 0 Å². The van der Waals surface area contributed by atoms with E-state index >= 15 is 0 Å². The molecule has 2 fully saturated rings. The molecular weight excluding hydrogens is 961 g/mol. The Hall–Kier alpha value is -4.28. The summed E-state index contributed by atoms with van der Waals surface area (Å²) < 4.78 is 25.1. The molecule has 6 rings (SSSR count). The fraction of sp³-hybridized carbons (Fsp3) is 0.594. The topological polar surface area (TPSA) is 112 Å². The van der Waals surface area contributed by atoms with Crippen molar-refractivity contribution < 1.29 is 38.7 Å². The average Bonchev–Trinajstić information content (AvgIpc) is 3.37. The number of thioether (sulfide) groups is 2. The summed E-state index contributed by atoms with van der Waals surface area (Å²) in [6, 6.07) is 24.9.